The molecule has 0 spiro atoms. The molecular weight excluding hydrogens is 286 g/mol. The van der Waals surface area contributed by atoms with Gasteiger partial charge in [0.05, 0.1) is 11.5 Å². The van der Waals surface area contributed by atoms with Gasteiger partial charge in [0.15, 0.2) is 0 Å². The number of rotatable bonds is 6. The van der Waals surface area contributed by atoms with Crippen molar-refractivity contribution >= 4 is 10.0 Å². The molecule has 0 aliphatic carbocycles. The molecule has 112 valence electrons. The highest BCUT2D eigenvalue weighted by Crippen LogP contribution is 2.31. The lowest BCUT2D eigenvalue weighted by Crippen LogP contribution is -2.11. The predicted molar refractivity (Wildman–Crippen MR) is 83.7 cm³/mol. The number of para-hydroxylation sites is 1. The summed E-state index contributed by atoms with van der Waals surface area (Å²) >= 11 is 0. The fourth-order valence-corrected chi connectivity index (χ4v) is 2.56. The zero-order chi connectivity index (χ0) is 15.3. The second kappa shape index (κ2) is 6.74. The maximum absolute atomic E-state index is 11.5. The monoisotopic (exact) mass is 305 g/mol. The summed E-state index contributed by atoms with van der Waals surface area (Å²) in [7, 11) is -3.71. The van der Waals surface area contributed by atoms with E-state index in [1.807, 2.05) is 30.3 Å². The molecular formula is C16H19NO3S. The van der Waals surface area contributed by atoms with Crippen LogP contribution in [0.2, 0.25) is 0 Å². The number of primary sulfonamides is 1. The minimum atomic E-state index is -3.71. The van der Waals surface area contributed by atoms with E-state index in [0.717, 1.165) is 29.7 Å². The Labute approximate surface area is 125 Å². The maximum Gasteiger partial charge on any atom is 0.238 e. The van der Waals surface area contributed by atoms with E-state index in [0.29, 0.717) is 6.61 Å². The Morgan fingerprint density at radius 1 is 1.10 bits per heavy atom. The van der Waals surface area contributed by atoms with Gasteiger partial charge in [0, 0.05) is 5.56 Å². The van der Waals surface area contributed by atoms with Gasteiger partial charge in [0.1, 0.15) is 5.75 Å². The van der Waals surface area contributed by atoms with Gasteiger partial charge in [0.25, 0.3) is 0 Å². The largest absolute Gasteiger partial charge is 0.493 e. The summed E-state index contributed by atoms with van der Waals surface area (Å²) in [6.07, 6.45) is 2.04. The van der Waals surface area contributed by atoms with Crippen molar-refractivity contribution in [2.24, 2.45) is 5.14 Å². The number of benzene rings is 2. The second-order valence-corrected chi connectivity index (χ2v) is 6.33. The van der Waals surface area contributed by atoms with Crippen LogP contribution in [0.25, 0.3) is 11.1 Å². The summed E-state index contributed by atoms with van der Waals surface area (Å²) in [5.41, 5.74) is 1.63. The summed E-state index contributed by atoms with van der Waals surface area (Å²) in [5, 5.41) is 5.18. The Morgan fingerprint density at radius 3 is 2.57 bits per heavy atom. The van der Waals surface area contributed by atoms with Crippen LogP contribution in [0.1, 0.15) is 19.8 Å². The number of nitrogens with two attached hydrogens (primary N) is 1. The van der Waals surface area contributed by atoms with E-state index in [9.17, 15) is 8.42 Å². The Morgan fingerprint density at radius 2 is 1.86 bits per heavy atom. The van der Waals surface area contributed by atoms with Crippen molar-refractivity contribution < 1.29 is 13.2 Å². The van der Waals surface area contributed by atoms with Gasteiger partial charge in [0.2, 0.25) is 10.0 Å². The molecule has 0 aliphatic rings. The number of hydrogen-bond acceptors (Lipinski definition) is 3. The van der Waals surface area contributed by atoms with Gasteiger partial charge in [-0.2, -0.15) is 0 Å². The molecule has 0 bridgehead atoms. The molecule has 2 rings (SSSR count). The number of sulfonamides is 1. The topological polar surface area (TPSA) is 69.4 Å². The summed E-state index contributed by atoms with van der Waals surface area (Å²) in [6.45, 7) is 2.74. The van der Waals surface area contributed by atoms with Gasteiger partial charge in [-0.05, 0) is 30.2 Å². The van der Waals surface area contributed by atoms with Gasteiger partial charge >= 0.3 is 0 Å². The standard InChI is InChI=1S/C16H19NO3S/c1-2-3-11-20-16-10-5-4-9-15(16)13-7-6-8-14(12-13)21(17,18)19/h4-10,12H,2-3,11H2,1H3,(H2,17,18,19). The fraction of sp³-hybridized carbons (Fsp3) is 0.250. The molecule has 0 saturated heterocycles. The number of unbranched alkanes of at least 4 members (excludes halogenated alkanes) is 1. The van der Waals surface area contributed by atoms with Crippen LogP contribution in [0.15, 0.2) is 53.4 Å². The lowest BCUT2D eigenvalue weighted by molar-refractivity contribution is 0.310. The molecule has 0 saturated carbocycles. The third kappa shape index (κ3) is 4.06. The first kappa shape index (κ1) is 15.5. The summed E-state index contributed by atoms with van der Waals surface area (Å²) in [6, 6.07) is 14.2. The van der Waals surface area contributed by atoms with E-state index in [2.05, 4.69) is 6.92 Å². The van der Waals surface area contributed by atoms with E-state index in [1.165, 1.54) is 6.07 Å². The lowest BCUT2D eigenvalue weighted by atomic mass is 10.0. The third-order valence-corrected chi connectivity index (χ3v) is 4.03. The highest BCUT2D eigenvalue weighted by atomic mass is 32.2. The molecule has 0 radical (unpaired) electrons. The summed E-state index contributed by atoms with van der Waals surface area (Å²) in [4.78, 5) is 0.100. The van der Waals surface area contributed by atoms with Crippen LogP contribution in [-0.4, -0.2) is 15.0 Å². The second-order valence-electron chi connectivity index (χ2n) is 4.77. The Balaban J connectivity index is 2.38. The van der Waals surface area contributed by atoms with Gasteiger partial charge in [-0.1, -0.05) is 43.7 Å². The molecule has 0 unspecified atom stereocenters. The molecule has 0 aromatic heterocycles. The number of ether oxygens (including phenoxy) is 1. The van der Waals surface area contributed by atoms with Crippen LogP contribution in [0, 0.1) is 0 Å². The van der Waals surface area contributed by atoms with Crippen molar-refractivity contribution in [2.45, 2.75) is 24.7 Å². The molecule has 0 fully saturated rings. The number of hydrogen-bond donors (Lipinski definition) is 1. The molecule has 0 heterocycles. The van der Waals surface area contributed by atoms with E-state index < -0.39 is 10.0 Å². The van der Waals surface area contributed by atoms with Gasteiger partial charge < -0.3 is 4.74 Å². The Hall–Kier alpha value is -1.85. The van der Waals surface area contributed by atoms with Crippen molar-refractivity contribution in [3.63, 3.8) is 0 Å². The minimum absolute atomic E-state index is 0.100. The van der Waals surface area contributed by atoms with Crippen molar-refractivity contribution in [3.8, 4) is 16.9 Å². The average Bonchev–Trinajstić information content (AvgIpc) is 2.47. The van der Waals surface area contributed by atoms with Crippen molar-refractivity contribution in [3.05, 3.63) is 48.5 Å². The highest BCUT2D eigenvalue weighted by Gasteiger charge is 2.11. The van der Waals surface area contributed by atoms with Crippen LogP contribution in [0.3, 0.4) is 0 Å². The summed E-state index contributed by atoms with van der Waals surface area (Å²) in [5.74, 6) is 0.748. The zero-order valence-corrected chi connectivity index (χ0v) is 12.8. The van der Waals surface area contributed by atoms with Gasteiger partial charge in [-0.15, -0.1) is 0 Å². The lowest BCUT2D eigenvalue weighted by Gasteiger charge is -2.12. The van der Waals surface area contributed by atoms with Crippen LogP contribution in [-0.2, 0) is 10.0 Å². The first-order valence-electron chi connectivity index (χ1n) is 6.87. The minimum Gasteiger partial charge on any atom is -0.493 e. The normalized spacial score (nSPS) is 11.3. The van der Waals surface area contributed by atoms with Gasteiger partial charge in [-0.25, -0.2) is 13.6 Å². The van der Waals surface area contributed by atoms with Crippen LogP contribution >= 0.6 is 0 Å². The van der Waals surface area contributed by atoms with Crippen LogP contribution in [0.5, 0.6) is 5.75 Å². The fourth-order valence-electron chi connectivity index (χ4n) is 2.00. The average molecular weight is 305 g/mol. The quantitative estimate of drug-likeness (QED) is 0.833. The van der Waals surface area contributed by atoms with Crippen LogP contribution in [0.4, 0.5) is 0 Å². The molecule has 2 aromatic rings. The Kier molecular flexibility index (Phi) is 4.98. The highest BCUT2D eigenvalue weighted by molar-refractivity contribution is 7.89. The van der Waals surface area contributed by atoms with Crippen molar-refractivity contribution in [2.75, 3.05) is 6.61 Å². The van der Waals surface area contributed by atoms with E-state index in [1.54, 1.807) is 12.1 Å². The first-order chi connectivity index (χ1) is 10.0. The van der Waals surface area contributed by atoms with Gasteiger partial charge in [-0.3, -0.25) is 0 Å². The first-order valence-corrected chi connectivity index (χ1v) is 8.42. The van der Waals surface area contributed by atoms with E-state index in [-0.39, 0.29) is 4.90 Å². The van der Waals surface area contributed by atoms with Crippen molar-refractivity contribution in [1.82, 2.24) is 0 Å². The molecule has 0 amide bonds. The molecule has 0 atom stereocenters. The zero-order valence-electron chi connectivity index (χ0n) is 12.0. The van der Waals surface area contributed by atoms with E-state index >= 15 is 0 Å². The molecule has 4 nitrogen and oxygen atoms in total. The summed E-state index contributed by atoms with van der Waals surface area (Å²) < 4.78 is 28.7. The molecule has 21 heavy (non-hydrogen) atoms. The molecule has 2 N–H and O–H groups in total. The maximum atomic E-state index is 11.5. The molecule has 5 heteroatoms. The Bertz CT molecular complexity index is 711. The van der Waals surface area contributed by atoms with Crippen molar-refractivity contribution in [1.29, 1.82) is 0 Å². The predicted octanol–water partition coefficient (Wildman–Crippen LogP) is 3.18. The SMILES string of the molecule is CCCCOc1ccccc1-c1cccc(S(N)(=O)=O)c1. The van der Waals surface area contributed by atoms with E-state index in [4.69, 9.17) is 9.88 Å². The van der Waals surface area contributed by atoms with Crippen LogP contribution < -0.4 is 9.88 Å². The third-order valence-electron chi connectivity index (χ3n) is 3.12. The molecule has 0 aliphatic heterocycles. The molecule has 2 aromatic carbocycles. The smallest absolute Gasteiger partial charge is 0.238 e.